The van der Waals surface area contributed by atoms with Gasteiger partial charge in [0.05, 0.1) is 5.69 Å². The Morgan fingerprint density at radius 3 is 2.35 bits per heavy atom. The second-order valence-corrected chi connectivity index (χ2v) is 7.45. The number of nitrogens with zero attached hydrogens (tertiary/aromatic N) is 2. The first-order chi connectivity index (χ1) is 9.49. The summed E-state index contributed by atoms with van der Waals surface area (Å²) >= 11 is 1.52. The van der Waals surface area contributed by atoms with Crippen molar-refractivity contribution < 1.29 is 0 Å². The van der Waals surface area contributed by atoms with Crippen LogP contribution in [0.2, 0.25) is 0 Å². The molecule has 0 bridgehead atoms. The summed E-state index contributed by atoms with van der Waals surface area (Å²) in [6, 6.07) is 10.9. The molecule has 0 unspecified atom stereocenters. The summed E-state index contributed by atoms with van der Waals surface area (Å²) in [5.74, 6) is 0.531. The van der Waals surface area contributed by atoms with Crippen LogP contribution in [-0.2, 0) is 5.41 Å². The van der Waals surface area contributed by atoms with Crippen molar-refractivity contribution in [2.24, 2.45) is 0 Å². The highest BCUT2D eigenvalue weighted by Gasteiger charge is 2.30. The van der Waals surface area contributed by atoms with Crippen LogP contribution in [0, 0.1) is 11.3 Å². The zero-order chi connectivity index (χ0) is 14.3. The molecule has 1 heterocycles. The lowest BCUT2D eigenvalue weighted by Gasteiger charge is -2.18. The molecule has 1 saturated carbocycles. The van der Waals surface area contributed by atoms with Gasteiger partial charge in [-0.05, 0) is 23.8 Å². The molecular weight excluding hydrogens is 264 g/mol. The van der Waals surface area contributed by atoms with Crippen LogP contribution in [0.3, 0.4) is 0 Å². The van der Waals surface area contributed by atoms with Gasteiger partial charge in [0.1, 0.15) is 16.0 Å². The lowest BCUT2D eigenvalue weighted by atomic mass is 9.87. The summed E-state index contributed by atoms with van der Waals surface area (Å²) < 4.78 is 0. The smallest absolute Gasteiger partial charge is 0.128 e. The van der Waals surface area contributed by atoms with Gasteiger partial charge in [-0.25, -0.2) is 4.98 Å². The lowest BCUT2D eigenvalue weighted by Crippen LogP contribution is -2.10. The van der Waals surface area contributed by atoms with Crippen molar-refractivity contribution in [2.75, 3.05) is 0 Å². The zero-order valence-corrected chi connectivity index (χ0v) is 12.9. The van der Waals surface area contributed by atoms with Gasteiger partial charge < -0.3 is 0 Å². The van der Waals surface area contributed by atoms with Crippen LogP contribution >= 0.6 is 11.3 Å². The maximum atomic E-state index is 9.23. The Balaban J connectivity index is 1.95. The molecule has 0 atom stereocenters. The molecule has 1 aliphatic rings. The van der Waals surface area contributed by atoms with Gasteiger partial charge in [0, 0.05) is 11.5 Å². The summed E-state index contributed by atoms with van der Waals surface area (Å²) in [6.07, 6.45) is 2.36. The molecule has 3 heteroatoms. The fourth-order valence-corrected chi connectivity index (χ4v) is 3.24. The molecule has 0 aliphatic heterocycles. The quantitative estimate of drug-likeness (QED) is 0.789. The van der Waals surface area contributed by atoms with E-state index in [0.717, 1.165) is 21.1 Å². The van der Waals surface area contributed by atoms with E-state index < -0.39 is 0 Å². The van der Waals surface area contributed by atoms with Gasteiger partial charge in [0.2, 0.25) is 0 Å². The van der Waals surface area contributed by atoms with Crippen LogP contribution < -0.4 is 0 Å². The van der Waals surface area contributed by atoms with Crippen molar-refractivity contribution in [3.05, 3.63) is 40.4 Å². The summed E-state index contributed by atoms with van der Waals surface area (Å²) in [5, 5.41) is 10.2. The van der Waals surface area contributed by atoms with Gasteiger partial charge in [-0.3, -0.25) is 0 Å². The van der Waals surface area contributed by atoms with Crippen LogP contribution in [0.4, 0.5) is 0 Å². The minimum atomic E-state index is 0.165. The van der Waals surface area contributed by atoms with E-state index in [-0.39, 0.29) is 5.41 Å². The Kier molecular flexibility index (Phi) is 3.14. The number of benzene rings is 1. The average molecular weight is 282 g/mol. The molecule has 0 saturated heterocycles. The van der Waals surface area contributed by atoms with Crippen molar-refractivity contribution in [1.29, 1.82) is 5.26 Å². The van der Waals surface area contributed by atoms with Gasteiger partial charge in [0.15, 0.2) is 0 Å². The number of hydrogen-bond donors (Lipinski definition) is 0. The molecule has 0 radical (unpaired) electrons. The first-order valence-electron chi connectivity index (χ1n) is 7.01. The Bertz CT molecular complexity index is 664. The number of thiazole rings is 1. The molecule has 2 aromatic rings. The predicted molar refractivity (Wildman–Crippen MR) is 82.9 cm³/mol. The molecule has 1 fully saturated rings. The third-order valence-electron chi connectivity index (χ3n) is 3.72. The molecule has 1 aromatic carbocycles. The number of rotatable bonds is 2. The van der Waals surface area contributed by atoms with Crippen LogP contribution in [0.5, 0.6) is 0 Å². The van der Waals surface area contributed by atoms with E-state index in [2.05, 4.69) is 51.1 Å². The molecule has 0 amide bonds. The van der Waals surface area contributed by atoms with Crippen molar-refractivity contribution in [3.8, 4) is 16.6 Å². The van der Waals surface area contributed by atoms with E-state index in [9.17, 15) is 5.26 Å². The summed E-state index contributed by atoms with van der Waals surface area (Å²) in [4.78, 5) is 5.50. The fourth-order valence-electron chi connectivity index (χ4n) is 2.28. The van der Waals surface area contributed by atoms with Gasteiger partial charge in [-0.15, -0.1) is 11.3 Å². The molecule has 20 heavy (non-hydrogen) atoms. The highest BCUT2D eigenvalue weighted by molar-refractivity contribution is 7.15. The minimum absolute atomic E-state index is 0.165. The van der Waals surface area contributed by atoms with E-state index in [4.69, 9.17) is 4.98 Å². The molecule has 102 valence electrons. The maximum Gasteiger partial charge on any atom is 0.128 e. The number of hydrogen-bond acceptors (Lipinski definition) is 3. The van der Waals surface area contributed by atoms with E-state index in [1.54, 1.807) is 0 Å². The standard InChI is InChI=1S/C17H18N2S/c1-17(2,3)13-8-6-12(7-9-13)16-19-15(11-4-5-11)14(10-18)20-16/h6-9,11H,4-5H2,1-3H3. The average Bonchev–Trinajstić information content (AvgIpc) is 3.17. The highest BCUT2D eigenvalue weighted by atomic mass is 32.1. The topological polar surface area (TPSA) is 36.7 Å². The van der Waals surface area contributed by atoms with E-state index in [0.29, 0.717) is 5.92 Å². The van der Waals surface area contributed by atoms with E-state index in [1.165, 1.54) is 29.7 Å². The number of nitriles is 1. The first-order valence-corrected chi connectivity index (χ1v) is 7.82. The van der Waals surface area contributed by atoms with Crippen LogP contribution in [0.15, 0.2) is 24.3 Å². The van der Waals surface area contributed by atoms with Gasteiger partial charge in [-0.2, -0.15) is 5.26 Å². The van der Waals surface area contributed by atoms with Gasteiger partial charge >= 0.3 is 0 Å². The monoisotopic (exact) mass is 282 g/mol. The first kappa shape index (κ1) is 13.3. The summed E-state index contributed by atoms with van der Waals surface area (Å²) in [6.45, 7) is 6.64. The zero-order valence-electron chi connectivity index (χ0n) is 12.1. The van der Waals surface area contributed by atoms with E-state index in [1.807, 2.05) is 0 Å². The molecular formula is C17H18N2S. The predicted octanol–water partition coefficient (Wildman–Crippen LogP) is 4.86. The second-order valence-electron chi connectivity index (χ2n) is 6.45. The van der Waals surface area contributed by atoms with Crippen LogP contribution in [0.25, 0.3) is 10.6 Å². The lowest BCUT2D eigenvalue weighted by molar-refractivity contribution is 0.590. The third-order valence-corrected chi connectivity index (χ3v) is 4.74. The minimum Gasteiger partial charge on any atom is -0.239 e. The van der Waals surface area contributed by atoms with Crippen LogP contribution in [0.1, 0.15) is 55.7 Å². The molecule has 3 rings (SSSR count). The molecule has 1 aromatic heterocycles. The Labute approximate surface area is 124 Å². The molecule has 0 spiro atoms. The van der Waals surface area contributed by atoms with Crippen molar-refractivity contribution in [1.82, 2.24) is 4.98 Å². The molecule has 0 N–H and O–H groups in total. The van der Waals surface area contributed by atoms with Gasteiger partial charge in [0.25, 0.3) is 0 Å². The largest absolute Gasteiger partial charge is 0.239 e. The van der Waals surface area contributed by atoms with Gasteiger partial charge in [-0.1, -0.05) is 45.0 Å². The molecule has 1 aliphatic carbocycles. The van der Waals surface area contributed by atoms with Crippen molar-refractivity contribution in [2.45, 2.75) is 44.9 Å². The summed E-state index contributed by atoms with van der Waals surface area (Å²) in [7, 11) is 0. The Morgan fingerprint density at radius 2 is 1.85 bits per heavy atom. The maximum absolute atomic E-state index is 9.23. The Hall–Kier alpha value is -1.66. The number of aromatic nitrogens is 1. The normalized spacial score (nSPS) is 15.1. The van der Waals surface area contributed by atoms with E-state index >= 15 is 0 Å². The third kappa shape index (κ3) is 2.48. The SMILES string of the molecule is CC(C)(C)c1ccc(-c2nc(C3CC3)c(C#N)s2)cc1. The van der Waals surface area contributed by atoms with Crippen molar-refractivity contribution >= 4 is 11.3 Å². The molecule has 2 nitrogen and oxygen atoms in total. The highest BCUT2D eigenvalue weighted by Crippen LogP contribution is 2.44. The van der Waals surface area contributed by atoms with Crippen LogP contribution in [-0.4, -0.2) is 4.98 Å². The Morgan fingerprint density at radius 1 is 1.20 bits per heavy atom. The second kappa shape index (κ2) is 4.71. The summed E-state index contributed by atoms with van der Waals surface area (Å²) in [5.41, 5.74) is 3.62. The fraction of sp³-hybridized carbons (Fsp3) is 0.412. The van der Waals surface area contributed by atoms with Crippen molar-refractivity contribution in [3.63, 3.8) is 0 Å².